The first kappa shape index (κ1) is 15.9. The number of sulfonamides is 1. The van der Waals surface area contributed by atoms with Crippen molar-refractivity contribution in [2.45, 2.75) is 38.1 Å². The topological polar surface area (TPSA) is 74.3 Å². The van der Waals surface area contributed by atoms with Gasteiger partial charge in [-0.3, -0.25) is 0 Å². The van der Waals surface area contributed by atoms with E-state index < -0.39 is 10.0 Å². The molecule has 0 aliphatic heterocycles. The summed E-state index contributed by atoms with van der Waals surface area (Å²) in [6.07, 6.45) is 3.81. The lowest BCUT2D eigenvalue weighted by molar-refractivity contribution is 0.419. The standard InChI is InChI=1S/C15H22N2O3S/c1-4-6-11(2)9-17-10-14(21(16,18)19)15-12(17)7-5-8-13(15)20-3/h5,7-8,10-11H,4,6,9H2,1-3H3,(H2,16,18,19). The minimum absolute atomic E-state index is 0.124. The number of hydrogen-bond donors (Lipinski definition) is 1. The van der Waals surface area contributed by atoms with Crippen LogP contribution in [-0.2, 0) is 16.6 Å². The smallest absolute Gasteiger partial charge is 0.240 e. The fraction of sp³-hybridized carbons (Fsp3) is 0.467. The maximum Gasteiger partial charge on any atom is 0.240 e. The Kier molecular flexibility index (Phi) is 4.58. The summed E-state index contributed by atoms with van der Waals surface area (Å²) in [5.41, 5.74) is 0.835. The SMILES string of the molecule is CCCC(C)Cn1cc(S(N)(=O)=O)c2c(OC)cccc21. The summed E-state index contributed by atoms with van der Waals surface area (Å²) >= 11 is 0. The minimum atomic E-state index is -3.79. The summed E-state index contributed by atoms with van der Waals surface area (Å²) in [6, 6.07) is 5.50. The van der Waals surface area contributed by atoms with Gasteiger partial charge < -0.3 is 9.30 Å². The van der Waals surface area contributed by atoms with Crippen LogP contribution in [0, 0.1) is 5.92 Å². The van der Waals surface area contributed by atoms with E-state index in [1.54, 1.807) is 12.3 Å². The fourth-order valence-electron chi connectivity index (χ4n) is 2.74. The predicted octanol–water partition coefficient (Wildman–Crippen LogP) is 2.73. The van der Waals surface area contributed by atoms with Crippen molar-refractivity contribution in [1.29, 1.82) is 0 Å². The second-order valence-electron chi connectivity index (χ2n) is 5.44. The molecule has 5 nitrogen and oxygen atoms in total. The van der Waals surface area contributed by atoms with Crippen LogP contribution in [0.5, 0.6) is 5.75 Å². The van der Waals surface area contributed by atoms with E-state index in [0.717, 1.165) is 24.9 Å². The van der Waals surface area contributed by atoms with Crippen molar-refractivity contribution in [3.05, 3.63) is 24.4 Å². The molecule has 21 heavy (non-hydrogen) atoms. The third kappa shape index (κ3) is 3.22. The van der Waals surface area contributed by atoms with Gasteiger partial charge in [0, 0.05) is 12.7 Å². The molecule has 0 fully saturated rings. The number of primary sulfonamides is 1. The molecule has 1 unspecified atom stereocenters. The maximum absolute atomic E-state index is 11.8. The van der Waals surface area contributed by atoms with Crippen molar-refractivity contribution < 1.29 is 13.2 Å². The molecule has 6 heteroatoms. The zero-order chi connectivity index (χ0) is 15.6. The van der Waals surface area contributed by atoms with E-state index in [4.69, 9.17) is 9.88 Å². The number of nitrogens with two attached hydrogens (primary N) is 1. The highest BCUT2D eigenvalue weighted by Crippen LogP contribution is 2.33. The van der Waals surface area contributed by atoms with Gasteiger partial charge in [-0.15, -0.1) is 0 Å². The van der Waals surface area contributed by atoms with Gasteiger partial charge >= 0.3 is 0 Å². The third-order valence-corrected chi connectivity index (χ3v) is 4.57. The molecular formula is C15H22N2O3S. The van der Waals surface area contributed by atoms with Crippen LogP contribution in [0.25, 0.3) is 10.9 Å². The van der Waals surface area contributed by atoms with Crippen LogP contribution in [0.1, 0.15) is 26.7 Å². The number of ether oxygens (including phenoxy) is 1. The Hall–Kier alpha value is -1.53. The largest absolute Gasteiger partial charge is 0.496 e. The summed E-state index contributed by atoms with van der Waals surface area (Å²) in [5, 5.41) is 5.91. The van der Waals surface area contributed by atoms with Crippen LogP contribution in [0.2, 0.25) is 0 Å². The zero-order valence-corrected chi connectivity index (χ0v) is 13.5. The number of methoxy groups -OCH3 is 1. The molecule has 116 valence electrons. The summed E-state index contributed by atoms with van der Waals surface area (Å²) in [4.78, 5) is 0.124. The lowest BCUT2D eigenvalue weighted by Crippen LogP contribution is -2.12. The van der Waals surface area contributed by atoms with Crippen LogP contribution in [0.4, 0.5) is 0 Å². The highest BCUT2D eigenvalue weighted by molar-refractivity contribution is 7.89. The van der Waals surface area contributed by atoms with Gasteiger partial charge in [-0.2, -0.15) is 0 Å². The van der Waals surface area contributed by atoms with Crippen LogP contribution in [0.3, 0.4) is 0 Å². The molecule has 0 aliphatic carbocycles. The molecule has 0 amide bonds. The van der Waals surface area contributed by atoms with Crippen molar-refractivity contribution in [2.24, 2.45) is 11.1 Å². The Morgan fingerprint density at radius 2 is 2.10 bits per heavy atom. The Morgan fingerprint density at radius 1 is 1.38 bits per heavy atom. The van der Waals surface area contributed by atoms with E-state index in [1.165, 1.54) is 7.11 Å². The molecule has 0 aliphatic rings. The van der Waals surface area contributed by atoms with Gasteiger partial charge in [0.2, 0.25) is 10.0 Å². The zero-order valence-electron chi connectivity index (χ0n) is 12.7. The van der Waals surface area contributed by atoms with Gasteiger partial charge in [0.05, 0.1) is 18.0 Å². The van der Waals surface area contributed by atoms with Crippen LogP contribution in [-0.4, -0.2) is 20.1 Å². The average Bonchev–Trinajstić information content (AvgIpc) is 2.78. The molecule has 1 atom stereocenters. The second kappa shape index (κ2) is 6.07. The van der Waals surface area contributed by atoms with Gasteiger partial charge in [-0.1, -0.05) is 26.3 Å². The lowest BCUT2D eigenvalue weighted by atomic mass is 10.1. The first-order chi connectivity index (χ1) is 9.88. The first-order valence-electron chi connectivity index (χ1n) is 7.07. The fourth-order valence-corrected chi connectivity index (χ4v) is 3.50. The number of aromatic nitrogens is 1. The van der Waals surface area contributed by atoms with E-state index in [0.29, 0.717) is 17.1 Å². The molecule has 2 aromatic rings. The van der Waals surface area contributed by atoms with E-state index >= 15 is 0 Å². The van der Waals surface area contributed by atoms with Gasteiger partial charge in [0.25, 0.3) is 0 Å². The Labute approximate surface area is 125 Å². The van der Waals surface area contributed by atoms with E-state index in [2.05, 4.69) is 13.8 Å². The Balaban J connectivity index is 2.63. The molecule has 1 aromatic heterocycles. The predicted molar refractivity (Wildman–Crippen MR) is 83.9 cm³/mol. The van der Waals surface area contributed by atoms with Gasteiger partial charge in [0.15, 0.2) is 0 Å². The van der Waals surface area contributed by atoms with Crippen molar-refractivity contribution in [1.82, 2.24) is 4.57 Å². The molecule has 0 saturated heterocycles. The first-order valence-corrected chi connectivity index (χ1v) is 8.61. The molecule has 2 rings (SSSR count). The molecule has 0 saturated carbocycles. The summed E-state index contributed by atoms with van der Waals surface area (Å²) in [7, 11) is -2.26. The minimum Gasteiger partial charge on any atom is -0.496 e. The van der Waals surface area contributed by atoms with E-state index in [1.807, 2.05) is 16.7 Å². The van der Waals surface area contributed by atoms with E-state index in [-0.39, 0.29) is 4.90 Å². The van der Waals surface area contributed by atoms with Crippen LogP contribution >= 0.6 is 0 Å². The number of hydrogen-bond acceptors (Lipinski definition) is 3. The van der Waals surface area contributed by atoms with Crippen LogP contribution in [0.15, 0.2) is 29.3 Å². The summed E-state index contributed by atoms with van der Waals surface area (Å²) in [6.45, 7) is 5.06. The van der Waals surface area contributed by atoms with Gasteiger partial charge in [0.1, 0.15) is 10.6 Å². The quantitative estimate of drug-likeness (QED) is 0.891. The van der Waals surface area contributed by atoms with Gasteiger partial charge in [-0.25, -0.2) is 13.6 Å². The highest BCUT2D eigenvalue weighted by atomic mass is 32.2. The van der Waals surface area contributed by atoms with Crippen molar-refractivity contribution in [3.8, 4) is 5.75 Å². The molecule has 0 bridgehead atoms. The van der Waals surface area contributed by atoms with Gasteiger partial charge in [-0.05, 0) is 24.5 Å². The second-order valence-corrected chi connectivity index (χ2v) is 6.97. The van der Waals surface area contributed by atoms with Crippen molar-refractivity contribution in [3.63, 3.8) is 0 Å². The normalized spacial score (nSPS) is 13.5. The Morgan fingerprint density at radius 3 is 2.67 bits per heavy atom. The number of nitrogens with zero attached hydrogens (tertiary/aromatic N) is 1. The van der Waals surface area contributed by atoms with Crippen molar-refractivity contribution >= 4 is 20.9 Å². The molecule has 1 aromatic carbocycles. The monoisotopic (exact) mass is 310 g/mol. The number of benzene rings is 1. The molecular weight excluding hydrogens is 288 g/mol. The number of rotatable bonds is 6. The summed E-state index contributed by atoms with van der Waals surface area (Å²) < 4.78 is 30.9. The maximum atomic E-state index is 11.8. The molecule has 2 N–H and O–H groups in total. The van der Waals surface area contributed by atoms with Crippen molar-refractivity contribution in [2.75, 3.05) is 7.11 Å². The Bertz CT molecular complexity index is 735. The molecule has 0 spiro atoms. The average molecular weight is 310 g/mol. The summed E-state index contributed by atoms with van der Waals surface area (Å²) in [5.74, 6) is 0.989. The molecule has 1 heterocycles. The number of fused-ring (bicyclic) bond motifs is 1. The third-order valence-electron chi connectivity index (χ3n) is 3.65. The molecule has 0 radical (unpaired) electrons. The highest BCUT2D eigenvalue weighted by Gasteiger charge is 2.21. The van der Waals surface area contributed by atoms with Crippen LogP contribution < -0.4 is 9.88 Å². The van der Waals surface area contributed by atoms with E-state index in [9.17, 15) is 8.42 Å². The lowest BCUT2D eigenvalue weighted by Gasteiger charge is -2.12.